The lowest BCUT2D eigenvalue weighted by Gasteiger charge is -2.33. The van der Waals surface area contributed by atoms with E-state index < -0.39 is 0 Å². The number of nitrogens with zero attached hydrogens (tertiary/aromatic N) is 2. The second-order valence-electron chi connectivity index (χ2n) is 5.47. The van der Waals surface area contributed by atoms with Gasteiger partial charge < -0.3 is 10.2 Å². The molecule has 0 bridgehead atoms. The van der Waals surface area contributed by atoms with Crippen LogP contribution in [0.5, 0.6) is 0 Å². The van der Waals surface area contributed by atoms with Gasteiger partial charge in [0.1, 0.15) is 0 Å². The number of para-hydroxylation sites is 1. The second-order valence-corrected chi connectivity index (χ2v) is 5.47. The van der Waals surface area contributed by atoms with Gasteiger partial charge >= 0.3 is 0 Å². The molecule has 0 saturated carbocycles. The maximum Gasteiger partial charge on any atom is 0.228 e. The number of hydrogen-bond acceptors (Lipinski definition) is 3. The maximum atomic E-state index is 12.6. The third-order valence-corrected chi connectivity index (χ3v) is 3.74. The van der Waals surface area contributed by atoms with Gasteiger partial charge in [0.15, 0.2) is 0 Å². The Balaban J connectivity index is 2.08. The van der Waals surface area contributed by atoms with Gasteiger partial charge in [0.2, 0.25) is 5.91 Å². The molecule has 4 nitrogen and oxygen atoms in total. The molecule has 0 aromatic heterocycles. The zero-order chi connectivity index (χ0) is 14.5. The molecule has 0 spiro atoms. The fourth-order valence-electron chi connectivity index (χ4n) is 2.64. The van der Waals surface area contributed by atoms with Crippen LogP contribution < -0.4 is 5.32 Å². The summed E-state index contributed by atoms with van der Waals surface area (Å²) in [5.74, 6) is 0.114. The monoisotopic (exact) mass is 271 g/mol. The lowest BCUT2D eigenvalue weighted by molar-refractivity contribution is -0.136. The Morgan fingerprint density at radius 2 is 2.25 bits per heavy atom. The first-order chi connectivity index (χ1) is 9.63. The summed E-state index contributed by atoms with van der Waals surface area (Å²) >= 11 is 0. The average Bonchev–Trinajstić information content (AvgIpc) is 2.46. The van der Waals surface area contributed by atoms with Crippen molar-refractivity contribution in [3.63, 3.8) is 0 Å². The van der Waals surface area contributed by atoms with Crippen molar-refractivity contribution in [3.05, 3.63) is 29.8 Å². The summed E-state index contributed by atoms with van der Waals surface area (Å²) < 4.78 is 0. The molecule has 1 unspecified atom stereocenters. The highest BCUT2D eigenvalue weighted by Gasteiger charge is 2.29. The Bertz CT molecular complexity index is 519. The van der Waals surface area contributed by atoms with Crippen LogP contribution in [-0.4, -0.2) is 29.9 Å². The van der Waals surface area contributed by atoms with Crippen molar-refractivity contribution >= 4 is 11.6 Å². The van der Waals surface area contributed by atoms with Crippen molar-refractivity contribution in [2.24, 2.45) is 5.92 Å². The van der Waals surface area contributed by atoms with Gasteiger partial charge in [0.25, 0.3) is 0 Å². The van der Waals surface area contributed by atoms with Gasteiger partial charge in [-0.2, -0.15) is 5.26 Å². The zero-order valence-corrected chi connectivity index (χ0v) is 12.1. The summed E-state index contributed by atoms with van der Waals surface area (Å²) in [6.07, 6.45) is 1.17. The molecule has 106 valence electrons. The van der Waals surface area contributed by atoms with E-state index in [1.165, 1.54) is 5.56 Å². The SMILES string of the molecule is CC(C)N(CCC#N)C(=O)C1CNc2ccccc2C1. The lowest BCUT2D eigenvalue weighted by Crippen LogP contribution is -2.45. The molecule has 0 saturated heterocycles. The van der Waals surface area contributed by atoms with Crippen LogP contribution in [0, 0.1) is 17.2 Å². The molecule has 2 rings (SSSR count). The third kappa shape index (κ3) is 3.11. The number of anilines is 1. The molecule has 1 N–H and O–H groups in total. The minimum Gasteiger partial charge on any atom is -0.384 e. The van der Waals surface area contributed by atoms with Crippen molar-refractivity contribution in [1.29, 1.82) is 5.26 Å². The van der Waals surface area contributed by atoms with E-state index in [9.17, 15) is 4.79 Å². The van der Waals surface area contributed by atoms with Crippen molar-refractivity contribution in [2.75, 3.05) is 18.4 Å². The van der Waals surface area contributed by atoms with Crippen LogP contribution in [-0.2, 0) is 11.2 Å². The van der Waals surface area contributed by atoms with Crippen molar-refractivity contribution in [2.45, 2.75) is 32.7 Å². The molecule has 1 aliphatic heterocycles. The van der Waals surface area contributed by atoms with E-state index in [1.807, 2.05) is 36.9 Å². The minimum absolute atomic E-state index is 0.0361. The highest BCUT2D eigenvalue weighted by Crippen LogP contribution is 2.25. The first kappa shape index (κ1) is 14.4. The molecule has 4 heteroatoms. The van der Waals surface area contributed by atoms with Crippen LogP contribution in [0.2, 0.25) is 0 Å². The van der Waals surface area contributed by atoms with Gasteiger partial charge in [0.05, 0.1) is 18.4 Å². The first-order valence-electron chi connectivity index (χ1n) is 7.12. The molecule has 20 heavy (non-hydrogen) atoms. The van der Waals surface area contributed by atoms with Gasteiger partial charge in [0, 0.05) is 24.8 Å². The third-order valence-electron chi connectivity index (χ3n) is 3.74. The van der Waals surface area contributed by atoms with E-state index >= 15 is 0 Å². The number of benzene rings is 1. The quantitative estimate of drug-likeness (QED) is 0.915. The van der Waals surface area contributed by atoms with Crippen molar-refractivity contribution < 1.29 is 4.79 Å². The van der Waals surface area contributed by atoms with E-state index in [-0.39, 0.29) is 17.9 Å². The Labute approximate surface area is 120 Å². The van der Waals surface area contributed by atoms with Crippen LogP contribution in [0.4, 0.5) is 5.69 Å². The summed E-state index contributed by atoms with van der Waals surface area (Å²) in [6.45, 7) is 5.19. The molecule has 1 aromatic carbocycles. The lowest BCUT2D eigenvalue weighted by atomic mass is 9.92. The summed E-state index contributed by atoms with van der Waals surface area (Å²) in [4.78, 5) is 14.5. The number of fused-ring (bicyclic) bond motifs is 1. The molecule has 0 radical (unpaired) electrons. The van der Waals surface area contributed by atoms with Crippen molar-refractivity contribution in [3.8, 4) is 6.07 Å². The number of rotatable bonds is 4. The Hall–Kier alpha value is -2.02. The van der Waals surface area contributed by atoms with Gasteiger partial charge in [-0.05, 0) is 31.9 Å². The summed E-state index contributed by atoms with van der Waals surface area (Å²) in [5.41, 5.74) is 2.32. The fourth-order valence-corrected chi connectivity index (χ4v) is 2.64. The van der Waals surface area contributed by atoms with Gasteiger partial charge in [-0.15, -0.1) is 0 Å². The predicted octanol–water partition coefficient (Wildman–Crippen LogP) is 2.42. The molecule has 0 fully saturated rings. The van der Waals surface area contributed by atoms with Gasteiger partial charge in [-0.1, -0.05) is 18.2 Å². The Morgan fingerprint density at radius 1 is 1.50 bits per heavy atom. The second kappa shape index (κ2) is 6.42. The number of carbonyl (C=O) groups excluding carboxylic acids is 1. The predicted molar refractivity (Wildman–Crippen MR) is 79.2 cm³/mol. The fraction of sp³-hybridized carbons (Fsp3) is 0.500. The first-order valence-corrected chi connectivity index (χ1v) is 7.12. The molecule has 1 aromatic rings. The number of carbonyl (C=O) groups is 1. The maximum absolute atomic E-state index is 12.6. The smallest absolute Gasteiger partial charge is 0.228 e. The number of nitriles is 1. The topological polar surface area (TPSA) is 56.1 Å². The van der Waals surface area contributed by atoms with Crippen LogP contribution in [0.15, 0.2) is 24.3 Å². The molecule has 0 aliphatic carbocycles. The van der Waals surface area contributed by atoms with Crippen LogP contribution in [0.25, 0.3) is 0 Å². The largest absolute Gasteiger partial charge is 0.384 e. The van der Waals surface area contributed by atoms with Crippen LogP contribution in [0.1, 0.15) is 25.8 Å². The van der Waals surface area contributed by atoms with Crippen LogP contribution in [0.3, 0.4) is 0 Å². The molecule has 1 heterocycles. The molecule has 1 aliphatic rings. The number of amides is 1. The van der Waals surface area contributed by atoms with Gasteiger partial charge in [-0.3, -0.25) is 4.79 Å². The summed E-state index contributed by atoms with van der Waals surface area (Å²) in [5, 5.41) is 12.0. The number of nitrogens with one attached hydrogen (secondary N) is 1. The number of hydrogen-bond donors (Lipinski definition) is 1. The molecular weight excluding hydrogens is 250 g/mol. The highest BCUT2D eigenvalue weighted by molar-refractivity contribution is 5.81. The molecular formula is C16H21N3O. The zero-order valence-electron chi connectivity index (χ0n) is 12.1. The van der Waals surface area contributed by atoms with Crippen molar-refractivity contribution in [1.82, 2.24) is 4.90 Å². The van der Waals surface area contributed by atoms with E-state index in [0.717, 1.165) is 12.1 Å². The van der Waals surface area contributed by atoms with E-state index in [0.29, 0.717) is 19.5 Å². The van der Waals surface area contributed by atoms with E-state index in [4.69, 9.17) is 5.26 Å². The summed E-state index contributed by atoms with van der Waals surface area (Å²) in [7, 11) is 0. The average molecular weight is 271 g/mol. The van der Waals surface area contributed by atoms with E-state index in [2.05, 4.69) is 17.5 Å². The Kier molecular flexibility index (Phi) is 4.62. The highest BCUT2D eigenvalue weighted by atomic mass is 16.2. The minimum atomic E-state index is -0.0361. The molecule has 1 amide bonds. The van der Waals surface area contributed by atoms with Crippen LogP contribution >= 0.6 is 0 Å². The normalized spacial score (nSPS) is 17.0. The molecule has 1 atom stereocenters. The summed E-state index contributed by atoms with van der Waals surface area (Å²) in [6, 6.07) is 10.4. The van der Waals surface area contributed by atoms with E-state index in [1.54, 1.807) is 0 Å². The Morgan fingerprint density at radius 3 is 2.95 bits per heavy atom. The standard InChI is InChI=1S/C16H21N3O/c1-12(2)19(9-5-8-17)16(20)14-10-13-6-3-4-7-15(13)18-11-14/h3-4,6-7,12,14,18H,5,9-11H2,1-2H3. The van der Waals surface area contributed by atoms with Gasteiger partial charge in [-0.25, -0.2) is 0 Å².